The first-order chi connectivity index (χ1) is 8.02. The van der Waals surface area contributed by atoms with Gasteiger partial charge in [-0.15, -0.1) is 0 Å². The second kappa shape index (κ2) is 4.30. The minimum absolute atomic E-state index is 0.464. The molecule has 0 fully saturated rings. The predicted molar refractivity (Wildman–Crippen MR) is 69.4 cm³/mol. The van der Waals surface area contributed by atoms with Crippen LogP contribution < -0.4 is 10.5 Å². The van der Waals surface area contributed by atoms with Crippen LogP contribution >= 0.6 is 11.6 Å². The molecule has 0 aliphatic rings. The Labute approximate surface area is 105 Å². The number of rotatable bonds is 2. The number of aryl methyl sites for hydroxylation is 2. The molecule has 2 rings (SSSR count). The van der Waals surface area contributed by atoms with Gasteiger partial charge in [0.25, 0.3) is 0 Å². The van der Waals surface area contributed by atoms with Gasteiger partial charge in [-0.2, -0.15) is 5.10 Å². The number of halogens is 1. The molecule has 0 spiro atoms. The summed E-state index contributed by atoms with van der Waals surface area (Å²) in [6.07, 6.45) is 1.85. The van der Waals surface area contributed by atoms with E-state index in [1.54, 1.807) is 11.8 Å². The highest BCUT2D eigenvalue weighted by atomic mass is 35.5. The molecular weight excluding hydrogens is 238 g/mol. The lowest BCUT2D eigenvalue weighted by Gasteiger charge is -2.10. The third-order valence-electron chi connectivity index (χ3n) is 2.63. The lowest BCUT2D eigenvalue weighted by atomic mass is 10.1. The fourth-order valence-corrected chi connectivity index (χ4v) is 1.91. The lowest BCUT2D eigenvalue weighted by molar-refractivity contribution is 0.416. The van der Waals surface area contributed by atoms with Gasteiger partial charge in [0.15, 0.2) is 5.82 Å². The molecular formula is C12H14ClN3O. The van der Waals surface area contributed by atoms with Crippen molar-refractivity contribution in [2.24, 2.45) is 7.05 Å². The van der Waals surface area contributed by atoms with Crippen LogP contribution in [0.4, 0.5) is 5.82 Å². The van der Waals surface area contributed by atoms with Crippen molar-refractivity contribution in [1.29, 1.82) is 0 Å². The summed E-state index contributed by atoms with van der Waals surface area (Å²) in [6.45, 7) is 1.93. The van der Waals surface area contributed by atoms with E-state index in [1.165, 1.54) is 0 Å². The van der Waals surface area contributed by atoms with E-state index in [4.69, 9.17) is 22.1 Å². The first-order valence-electron chi connectivity index (χ1n) is 5.16. The third-order valence-corrected chi connectivity index (χ3v) is 3.04. The Morgan fingerprint density at radius 3 is 2.59 bits per heavy atom. The van der Waals surface area contributed by atoms with E-state index in [9.17, 15) is 0 Å². The van der Waals surface area contributed by atoms with E-state index in [0.29, 0.717) is 10.8 Å². The van der Waals surface area contributed by atoms with Gasteiger partial charge in [0.2, 0.25) is 0 Å². The summed E-state index contributed by atoms with van der Waals surface area (Å²) < 4.78 is 7.01. The Kier molecular flexibility index (Phi) is 2.98. The molecule has 0 bridgehead atoms. The van der Waals surface area contributed by atoms with E-state index in [-0.39, 0.29) is 0 Å². The molecule has 2 N–H and O–H groups in total. The van der Waals surface area contributed by atoms with Crippen molar-refractivity contribution in [3.8, 4) is 16.9 Å². The number of hydrogen-bond acceptors (Lipinski definition) is 3. The number of methoxy groups -OCH3 is 1. The molecule has 4 nitrogen and oxygen atoms in total. The molecule has 1 aromatic heterocycles. The highest BCUT2D eigenvalue weighted by Crippen LogP contribution is 2.36. The summed E-state index contributed by atoms with van der Waals surface area (Å²) >= 11 is 6.13. The Morgan fingerprint density at radius 1 is 1.35 bits per heavy atom. The average Bonchev–Trinajstić information content (AvgIpc) is 2.61. The van der Waals surface area contributed by atoms with Crippen LogP contribution in [0.3, 0.4) is 0 Å². The number of hydrogen-bond donors (Lipinski definition) is 1. The van der Waals surface area contributed by atoms with Crippen LogP contribution in [0.1, 0.15) is 5.56 Å². The zero-order chi connectivity index (χ0) is 12.6. The maximum absolute atomic E-state index is 6.13. The Bertz CT molecular complexity index is 563. The molecule has 0 saturated carbocycles. The molecule has 0 saturated heterocycles. The summed E-state index contributed by atoms with van der Waals surface area (Å²) in [5.41, 5.74) is 8.50. The molecule has 0 aliphatic carbocycles. The summed E-state index contributed by atoms with van der Waals surface area (Å²) in [5, 5.41) is 4.80. The minimum atomic E-state index is 0.464. The number of nitrogens with two attached hydrogens (primary N) is 1. The zero-order valence-electron chi connectivity index (χ0n) is 9.99. The number of ether oxygens (including phenoxy) is 1. The highest BCUT2D eigenvalue weighted by Gasteiger charge is 2.14. The van der Waals surface area contributed by atoms with Crippen LogP contribution in [-0.4, -0.2) is 16.9 Å². The lowest BCUT2D eigenvalue weighted by Crippen LogP contribution is -1.93. The van der Waals surface area contributed by atoms with Crippen LogP contribution in [0, 0.1) is 6.92 Å². The van der Waals surface area contributed by atoms with Gasteiger partial charge in [-0.3, -0.25) is 4.68 Å². The molecule has 1 aromatic carbocycles. The van der Waals surface area contributed by atoms with Gasteiger partial charge >= 0.3 is 0 Å². The van der Waals surface area contributed by atoms with Gasteiger partial charge in [-0.25, -0.2) is 0 Å². The normalized spacial score (nSPS) is 10.6. The average molecular weight is 252 g/mol. The van der Waals surface area contributed by atoms with Crippen LogP contribution in [-0.2, 0) is 7.05 Å². The molecule has 1 heterocycles. The number of aromatic nitrogens is 2. The topological polar surface area (TPSA) is 53.1 Å². The molecule has 2 aromatic rings. The van der Waals surface area contributed by atoms with Crippen molar-refractivity contribution in [1.82, 2.24) is 9.78 Å². The summed E-state index contributed by atoms with van der Waals surface area (Å²) in [7, 11) is 3.45. The van der Waals surface area contributed by atoms with Crippen LogP contribution in [0.2, 0.25) is 5.02 Å². The van der Waals surface area contributed by atoms with E-state index in [2.05, 4.69) is 5.10 Å². The van der Waals surface area contributed by atoms with Crippen molar-refractivity contribution in [2.75, 3.05) is 12.8 Å². The molecule has 0 atom stereocenters. The van der Waals surface area contributed by atoms with E-state index >= 15 is 0 Å². The van der Waals surface area contributed by atoms with Crippen LogP contribution in [0.15, 0.2) is 18.3 Å². The second-order valence-electron chi connectivity index (χ2n) is 3.90. The smallest absolute Gasteiger partial charge is 0.153 e. The van der Waals surface area contributed by atoms with Gasteiger partial charge in [-0.05, 0) is 24.6 Å². The Morgan fingerprint density at radius 2 is 2.06 bits per heavy atom. The van der Waals surface area contributed by atoms with Crippen molar-refractivity contribution < 1.29 is 4.74 Å². The quantitative estimate of drug-likeness (QED) is 0.893. The zero-order valence-corrected chi connectivity index (χ0v) is 10.7. The van der Waals surface area contributed by atoms with E-state index in [0.717, 1.165) is 22.4 Å². The molecule has 0 amide bonds. The summed E-state index contributed by atoms with van der Waals surface area (Å²) in [4.78, 5) is 0. The van der Waals surface area contributed by atoms with Gasteiger partial charge in [0.05, 0.1) is 7.11 Å². The predicted octanol–water partition coefficient (Wildman–Crippen LogP) is 2.64. The van der Waals surface area contributed by atoms with Gasteiger partial charge in [0, 0.05) is 29.4 Å². The third kappa shape index (κ3) is 2.08. The molecule has 90 valence electrons. The second-order valence-corrected chi connectivity index (χ2v) is 4.31. The molecule has 17 heavy (non-hydrogen) atoms. The van der Waals surface area contributed by atoms with Crippen molar-refractivity contribution in [3.63, 3.8) is 0 Å². The van der Waals surface area contributed by atoms with Crippen molar-refractivity contribution >= 4 is 17.4 Å². The summed E-state index contributed by atoms with van der Waals surface area (Å²) in [5.74, 6) is 1.21. The van der Waals surface area contributed by atoms with Gasteiger partial charge in [0.1, 0.15) is 5.75 Å². The van der Waals surface area contributed by atoms with Gasteiger partial charge < -0.3 is 10.5 Å². The van der Waals surface area contributed by atoms with Crippen molar-refractivity contribution in [3.05, 3.63) is 28.9 Å². The maximum Gasteiger partial charge on any atom is 0.153 e. The van der Waals surface area contributed by atoms with E-state index < -0.39 is 0 Å². The Balaban J connectivity index is 2.66. The maximum atomic E-state index is 6.13. The van der Waals surface area contributed by atoms with E-state index in [1.807, 2.05) is 32.3 Å². The fraction of sp³-hybridized carbons (Fsp3) is 0.250. The number of benzene rings is 1. The first-order valence-corrected chi connectivity index (χ1v) is 5.54. The molecule has 0 unspecified atom stereocenters. The SMILES string of the molecule is COc1cc(C)c(Cl)cc1-c1cn(C)nc1N. The first kappa shape index (κ1) is 11.8. The molecule has 0 radical (unpaired) electrons. The molecule has 5 heteroatoms. The largest absolute Gasteiger partial charge is 0.496 e. The monoisotopic (exact) mass is 251 g/mol. The minimum Gasteiger partial charge on any atom is -0.496 e. The number of nitrogens with zero attached hydrogens (tertiary/aromatic N) is 2. The standard InChI is InChI=1S/C12H14ClN3O/c1-7-4-11(17-3)8(5-10(7)13)9-6-16(2)15-12(9)14/h4-6H,1-3H3,(H2,14,15). The van der Waals surface area contributed by atoms with Crippen LogP contribution in [0.5, 0.6) is 5.75 Å². The van der Waals surface area contributed by atoms with Gasteiger partial charge in [-0.1, -0.05) is 11.6 Å². The fourth-order valence-electron chi connectivity index (χ4n) is 1.75. The van der Waals surface area contributed by atoms with Crippen molar-refractivity contribution in [2.45, 2.75) is 6.92 Å². The molecule has 0 aliphatic heterocycles. The highest BCUT2D eigenvalue weighted by molar-refractivity contribution is 6.31. The Hall–Kier alpha value is -1.68. The number of nitrogen functional groups attached to an aromatic ring is 1. The van der Waals surface area contributed by atoms with Crippen LogP contribution in [0.25, 0.3) is 11.1 Å². The number of anilines is 1. The summed E-state index contributed by atoms with van der Waals surface area (Å²) in [6, 6.07) is 3.74.